The van der Waals surface area contributed by atoms with Crippen molar-refractivity contribution in [3.63, 3.8) is 0 Å². The third kappa shape index (κ3) is 4.16. The first-order chi connectivity index (χ1) is 8.74. The topological polar surface area (TPSA) is 61.0 Å². The summed E-state index contributed by atoms with van der Waals surface area (Å²) in [5, 5.41) is 9.98. The molecule has 0 saturated carbocycles. The zero-order valence-corrected chi connectivity index (χ0v) is 11.4. The molecule has 2 rings (SSSR count). The molecule has 4 nitrogen and oxygen atoms in total. The van der Waals surface area contributed by atoms with E-state index in [1.807, 2.05) is 24.3 Å². The Balaban J connectivity index is 1.63. The molecule has 0 saturated heterocycles. The Morgan fingerprint density at radius 3 is 2.61 bits per heavy atom. The van der Waals surface area contributed by atoms with Crippen molar-refractivity contribution in [3.8, 4) is 5.75 Å². The maximum atomic E-state index is 5.79. The van der Waals surface area contributed by atoms with Crippen molar-refractivity contribution in [2.75, 3.05) is 12.3 Å². The summed E-state index contributed by atoms with van der Waals surface area (Å²) in [6, 6.07) is 7.38. The van der Waals surface area contributed by atoms with Gasteiger partial charge < -0.3 is 10.5 Å². The maximum Gasteiger partial charge on any atom is 0.203 e. The van der Waals surface area contributed by atoms with Gasteiger partial charge in [0.2, 0.25) is 5.13 Å². The molecule has 1 aromatic carbocycles. The fourth-order valence-electron chi connectivity index (χ4n) is 1.47. The fraction of sp³-hybridized carbons (Fsp3) is 0.333. The predicted molar refractivity (Wildman–Crippen MR) is 74.2 cm³/mol. The Bertz CT molecular complexity index is 486. The number of nitrogen functional groups attached to an aromatic ring is 1. The Morgan fingerprint density at radius 1 is 1.17 bits per heavy atom. The molecule has 96 valence electrons. The Kier molecular flexibility index (Phi) is 4.78. The second-order valence-electron chi connectivity index (χ2n) is 3.79. The Hall–Kier alpha value is -1.33. The lowest BCUT2D eigenvalue weighted by atomic mass is 10.2. The van der Waals surface area contributed by atoms with Gasteiger partial charge in [0.05, 0.1) is 6.61 Å². The molecule has 2 N–H and O–H groups in total. The number of aromatic nitrogens is 2. The normalized spacial score (nSPS) is 10.5. The molecule has 18 heavy (non-hydrogen) atoms. The van der Waals surface area contributed by atoms with Crippen LogP contribution in [0.3, 0.4) is 0 Å². The number of nitrogens with two attached hydrogens (primary N) is 1. The average molecular weight is 284 g/mol. The highest BCUT2D eigenvalue weighted by Crippen LogP contribution is 2.16. The third-order valence-corrected chi connectivity index (χ3v) is 3.41. The molecule has 0 amide bonds. The molecule has 1 heterocycles. The van der Waals surface area contributed by atoms with E-state index in [1.165, 1.54) is 11.3 Å². The molecule has 0 spiro atoms. The highest BCUT2D eigenvalue weighted by Gasteiger charge is 2.00. The van der Waals surface area contributed by atoms with Crippen molar-refractivity contribution in [1.29, 1.82) is 0 Å². The SMILES string of the molecule is Nc1nnc(CCCCOc2ccc(Cl)cc2)s1. The van der Waals surface area contributed by atoms with Crippen LogP contribution in [0.2, 0.25) is 5.02 Å². The summed E-state index contributed by atoms with van der Waals surface area (Å²) in [7, 11) is 0. The number of unbranched alkanes of at least 4 members (excludes halogenated alkanes) is 1. The highest BCUT2D eigenvalue weighted by molar-refractivity contribution is 7.15. The van der Waals surface area contributed by atoms with Crippen LogP contribution in [0, 0.1) is 0 Å². The molecule has 0 radical (unpaired) electrons. The summed E-state index contributed by atoms with van der Waals surface area (Å²) in [6.07, 6.45) is 2.89. The van der Waals surface area contributed by atoms with Gasteiger partial charge in [-0.2, -0.15) is 0 Å². The van der Waals surface area contributed by atoms with E-state index in [0.717, 1.165) is 35.0 Å². The van der Waals surface area contributed by atoms with Crippen LogP contribution < -0.4 is 10.5 Å². The molecule has 0 unspecified atom stereocenters. The number of nitrogens with zero attached hydrogens (tertiary/aromatic N) is 2. The smallest absolute Gasteiger partial charge is 0.203 e. The predicted octanol–water partition coefficient (Wildman–Crippen LogP) is 3.18. The monoisotopic (exact) mass is 283 g/mol. The molecular formula is C12H14ClN3OS. The molecule has 0 aliphatic heterocycles. The molecule has 0 bridgehead atoms. The quantitative estimate of drug-likeness (QED) is 0.827. The van der Waals surface area contributed by atoms with E-state index in [9.17, 15) is 0 Å². The summed E-state index contributed by atoms with van der Waals surface area (Å²) in [5.74, 6) is 0.847. The van der Waals surface area contributed by atoms with Crippen molar-refractivity contribution in [2.45, 2.75) is 19.3 Å². The minimum Gasteiger partial charge on any atom is -0.494 e. The fourth-order valence-corrected chi connectivity index (χ4v) is 2.24. The van der Waals surface area contributed by atoms with Crippen molar-refractivity contribution in [2.24, 2.45) is 0 Å². The van der Waals surface area contributed by atoms with E-state index >= 15 is 0 Å². The molecule has 1 aromatic heterocycles. The number of rotatable bonds is 6. The minimum atomic E-state index is 0.530. The second kappa shape index (κ2) is 6.56. The van der Waals surface area contributed by atoms with Gasteiger partial charge in [0.15, 0.2) is 0 Å². The van der Waals surface area contributed by atoms with Crippen LogP contribution in [0.15, 0.2) is 24.3 Å². The number of hydrogen-bond donors (Lipinski definition) is 1. The first-order valence-electron chi connectivity index (χ1n) is 5.70. The van der Waals surface area contributed by atoms with E-state index in [0.29, 0.717) is 11.7 Å². The summed E-state index contributed by atoms with van der Waals surface area (Å²) < 4.78 is 5.59. The largest absolute Gasteiger partial charge is 0.494 e. The molecular weight excluding hydrogens is 270 g/mol. The lowest BCUT2D eigenvalue weighted by molar-refractivity contribution is 0.307. The van der Waals surface area contributed by atoms with Gasteiger partial charge >= 0.3 is 0 Å². The van der Waals surface area contributed by atoms with Crippen molar-refractivity contribution in [1.82, 2.24) is 10.2 Å². The number of halogens is 1. The molecule has 2 aromatic rings. The van der Waals surface area contributed by atoms with Crippen molar-refractivity contribution >= 4 is 28.1 Å². The third-order valence-electron chi connectivity index (χ3n) is 2.35. The molecule has 0 aliphatic carbocycles. The summed E-state index contributed by atoms with van der Waals surface area (Å²) >= 11 is 7.23. The Morgan fingerprint density at radius 2 is 1.94 bits per heavy atom. The van der Waals surface area contributed by atoms with Gasteiger partial charge in [-0.05, 0) is 37.1 Å². The van der Waals surface area contributed by atoms with Gasteiger partial charge in [-0.15, -0.1) is 10.2 Å². The number of aryl methyl sites for hydroxylation is 1. The lowest BCUT2D eigenvalue weighted by Crippen LogP contribution is -1.98. The van der Waals surface area contributed by atoms with Crippen LogP contribution in [0.5, 0.6) is 5.75 Å². The zero-order chi connectivity index (χ0) is 12.8. The average Bonchev–Trinajstić information content (AvgIpc) is 2.77. The summed E-state index contributed by atoms with van der Waals surface area (Å²) in [4.78, 5) is 0. The van der Waals surface area contributed by atoms with E-state index < -0.39 is 0 Å². The standard InChI is InChI=1S/C12H14ClN3OS/c13-9-4-6-10(7-5-9)17-8-2-1-3-11-15-16-12(14)18-11/h4-7H,1-3,8H2,(H2,14,16). The summed E-state index contributed by atoms with van der Waals surface area (Å²) in [5.41, 5.74) is 5.51. The van der Waals surface area contributed by atoms with Gasteiger partial charge in [-0.3, -0.25) is 0 Å². The first-order valence-corrected chi connectivity index (χ1v) is 6.90. The van der Waals surface area contributed by atoms with Crippen LogP contribution in [-0.4, -0.2) is 16.8 Å². The second-order valence-corrected chi connectivity index (χ2v) is 5.32. The van der Waals surface area contributed by atoms with Crippen LogP contribution in [-0.2, 0) is 6.42 Å². The maximum absolute atomic E-state index is 5.79. The van der Waals surface area contributed by atoms with Gasteiger partial charge in [-0.1, -0.05) is 22.9 Å². The lowest BCUT2D eigenvalue weighted by Gasteiger charge is -2.05. The van der Waals surface area contributed by atoms with Gasteiger partial charge in [-0.25, -0.2) is 0 Å². The van der Waals surface area contributed by atoms with E-state index in [1.54, 1.807) is 0 Å². The van der Waals surface area contributed by atoms with Crippen molar-refractivity contribution < 1.29 is 4.74 Å². The van der Waals surface area contributed by atoms with Crippen LogP contribution in [0.1, 0.15) is 17.8 Å². The number of benzene rings is 1. The first kappa shape index (κ1) is 13.1. The molecule has 6 heteroatoms. The van der Waals surface area contributed by atoms with E-state index in [2.05, 4.69) is 10.2 Å². The zero-order valence-electron chi connectivity index (χ0n) is 9.80. The Labute approximate surface area is 115 Å². The van der Waals surface area contributed by atoms with Gasteiger partial charge in [0.25, 0.3) is 0 Å². The number of ether oxygens (including phenoxy) is 1. The van der Waals surface area contributed by atoms with E-state index in [-0.39, 0.29) is 0 Å². The van der Waals surface area contributed by atoms with Crippen LogP contribution in [0.4, 0.5) is 5.13 Å². The molecule has 0 aliphatic rings. The number of anilines is 1. The van der Waals surface area contributed by atoms with Gasteiger partial charge in [0.1, 0.15) is 10.8 Å². The minimum absolute atomic E-state index is 0.530. The summed E-state index contributed by atoms with van der Waals surface area (Å²) in [6.45, 7) is 0.690. The van der Waals surface area contributed by atoms with Crippen molar-refractivity contribution in [3.05, 3.63) is 34.3 Å². The van der Waals surface area contributed by atoms with Crippen LogP contribution >= 0.6 is 22.9 Å². The van der Waals surface area contributed by atoms with E-state index in [4.69, 9.17) is 22.1 Å². The molecule has 0 fully saturated rings. The number of hydrogen-bond acceptors (Lipinski definition) is 5. The van der Waals surface area contributed by atoms with Crippen LogP contribution in [0.25, 0.3) is 0 Å². The molecule has 0 atom stereocenters. The van der Waals surface area contributed by atoms with Gasteiger partial charge in [0, 0.05) is 11.4 Å². The highest BCUT2D eigenvalue weighted by atomic mass is 35.5.